The summed E-state index contributed by atoms with van der Waals surface area (Å²) in [5.74, 6) is 0. The molecule has 2 radical (unpaired) electrons. The molecule has 0 aromatic heterocycles. The van der Waals surface area contributed by atoms with Crippen molar-refractivity contribution in [1.29, 1.82) is 0 Å². The molecule has 0 aromatic rings. The zero-order valence-electron chi connectivity index (χ0n) is 2.33. The summed E-state index contributed by atoms with van der Waals surface area (Å²) < 4.78 is 0. The first-order valence-corrected chi connectivity index (χ1v) is 0.775. The predicted molar refractivity (Wildman–Crippen MR) is 13.1 cm³/mol. The fourth-order valence-corrected chi connectivity index (χ4v) is 0. The third-order valence-electron chi connectivity index (χ3n) is 0. The Balaban J connectivity index is 0. The molecular weight excluding hydrogens is 74.8 g/mol. The van der Waals surface area contributed by atoms with Gasteiger partial charge in [0.1, 0.15) is 0 Å². The molecule has 0 saturated carbocycles. The van der Waals surface area contributed by atoms with Gasteiger partial charge in [0.2, 0.25) is 0 Å². The van der Waals surface area contributed by atoms with Crippen LogP contribution >= 0.6 is 0 Å². The van der Waals surface area contributed by atoms with E-state index >= 15 is 0 Å². The monoisotopic (exact) mass is 78.0 g/mol. The van der Waals surface area contributed by atoms with Crippen LogP contribution < -0.4 is 0 Å². The Labute approximate surface area is 29.2 Å². The van der Waals surface area contributed by atoms with E-state index in [4.69, 9.17) is 15.1 Å². The Morgan fingerprint density at radius 3 is 1.00 bits per heavy atom. The smallest absolute Gasteiger partial charge is 0.402 e. The second kappa shape index (κ2) is 3.90. The SMILES string of the molecule is OB(O)O.[O]. The van der Waals surface area contributed by atoms with E-state index in [1.54, 1.807) is 0 Å². The largest absolute Gasteiger partial charge is 0.631 e. The predicted octanol–water partition coefficient (Wildman–Crippen LogP) is -2.17. The van der Waals surface area contributed by atoms with Gasteiger partial charge in [-0.25, -0.2) is 0 Å². The lowest BCUT2D eigenvalue weighted by Gasteiger charge is -1.69. The lowest BCUT2D eigenvalue weighted by atomic mass is 10.3. The van der Waals surface area contributed by atoms with E-state index in [0.717, 1.165) is 0 Å². The highest BCUT2D eigenvalue weighted by Gasteiger charge is 1.92. The molecule has 4 nitrogen and oxygen atoms in total. The Morgan fingerprint density at radius 2 is 1.00 bits per heavy atom. The highest BCUT2D eigenvalue weighted by atomic mass is 16.5. The summed E-state index contributed by atoms with van der Waals surface area (Å²) in [6, 6.07) is 0. The second-order valence-electron chi connectivity index (χ2n) is 0.346. The zero-order valence-corrected chi connectivity index (χ0v) is 2.33. The number of rotatable bonds is 0. The summed E-state index contributed by atoms with van der Waals surface area (Å²) in [4.78, 5) is 0. The minimum Gasteiger partial charge on any atom is -0.402 e. The van der Waals surface area contributed by atoms with Crippen LogP contribution in [-0.4, -0.2) is 22.4 Å². The molecule has 0 saturated heterocycles. The highest BCUT2D eigenvalue weighted by Crippen LogP contribution is 1.40. The van der Waals surface area contributed by atoms with Crippen LogP contribution in [-0.2, 0) is 5.48 Å². The van der Waals surface area contributed by atoms with Crippen LogP contribution in [0.3, 0.4) is 0 Å². The van der Waals surface area contributed by atoms with Crippen molar-refractivity contribution >= 4 is 7.32 Å². The van der Waals surface area contributed by atoms with E-state index in [9.17, 15) is 0 Å². The molecule has 0 amide bonds. The second-order valence-corrected chi connectivity index (χ2v) is 0.346. The van der Waals surface area contributed by atoms with E-state index in [0.29, 0.717) is 0 Å². The van der Waals surface area contributed by atoms with Crippen LogP contribution in [0, 0.1) is 0 Å². The average molecular weight is 77.8 g/mol. The molecule has 0 rings (SSSR count). The Kier molecular flexibility index (Phi) is 6.92. The van der Waals surface area contributed by atoms with Crippen LogP contribution in [0.5, 0.6) is 0 Å². The normalized spacial score (nSPS) is 5.40. The third kappa shape index (κ3) is 1570. The molecule has 0 unspecified atom stereocenters. The van der Waals surface area contributed by atoms with Crippen molar-refractivity contribution in [3.8, 4) is 0 Å². The van der Waals surface area contributed by atoms with Crippen molar-refractivity contribution in [3.05, 3.63) is 0 Å². The molecule has 30 valence electrons. The third-order valence-corrected chi connectivity index (χ3v) is 0. The van der Waals surface area contributed by atoms with Gasteiger partial charge in [0, 0.05) is 5.48 Å². The van der Waals surface area contributed by atoms with Crippen molar-refractivity contribution in [2.24, 2.45) is 0 Å². The molecule has 0 aliphatic carbocycles. The maximum Gasteiger partial charge on any atom is 0.631 e. The highest BCUT2D eigenvalue weighted by molar-refractivity contribution is 6.30. The maximum atomic E-state index is 7.17. The Bertz CT molecular complexity index is 8.36. The zero-order chi connectivity index (χ0) is 3.58. The van der Waals surface area contributed by atoms with Gasteiger partial charge in [0.25, 0.3) is 0 Å². The molecule has 5 heavy (non-hydrogen) atoms. The molecule has 5 heteroatoms. The Hall–Kier alpha value is -0.0951. The van der Waals surface area contributed by atoms with Gasteiger partial charge in [0.15, 0.2) is 0 Å². The molecule has 0 bridgehead atoms. The summed E-state index contributed by atoms with van der Waals surface area (Å²) in [7, 11) is -2.17. The summed E-state index contributed by atoms with van der Waals surface area (Å²) in [6.45, 7) is 0. The minimum atomic E-state index is -2.17. The van der Waals surface area contributed by atoms with Gasteiger partial charge in [-0.2, -0.15) is 0 Å². The molecule has 3 N–H and O–H groups in total. The molecule has 0 aliphatic heterocycles. The van der Waals surface area contributed by atoms with Gasteiger partial charge in [0.05, 0.1) is 0 Å². The van der Waals surface area contributed by atoms with Crippen molar-refractivity contribution in [2.45, 2.75) is 0 Å². The molecule has 0 atom stereocenters. The van der Waals surface area contributed by atoms with E-state index in [1.165, 1.54) is 0 Å². The molecule has 0 heterocycles. The number of hydrogen-bond acceptors (Lipinski definition) is 3. The molecular formula is H3BO4. The van der Waals surface area contributed by atoms with Gasteiger partial charge in [-0.3, -0.25) is 0 Å². The lowest BCUT2D eigenvalue weighted by Crippen LogP contribution is -2.07. The molecule has 0 aromatic carbocycles. The molecule has 0 fully saturated rings. The first-order chi connectivity index (χ1) is 1.73. The van der Waals surface area contributed by atoms with E-state index in [2.05, 4.69) is 0 Å². The summed E-state index contributed by atoms with van der Waals surface area (Å²) >= 11 is 0. The summed E-state index contributed by atoms with van der Waals surface area (Å²) in [5.41, 5.74) is 0. The van der Waals surface area contributed by atoms with Gasteiger partial charge >= 0.3 is 7.32 Å². The first-order valence-electron chi connectivity index (χ1n) is 0.775. The van der Waals surface area contributed by atoms with Crippen LogP contribution in [0.25, 0.3) is 0 Å². The quantitative estimate of drug-likeness (QED) is 0.288. The Morgan fingerprint density at radius 1 is 1.00 bits per heavy atom. The van der Waals surface area contributed by atoms with Crippen molar-refractivity contribution in [2.75, 3.05) is 0 Å². The topological polar surface area (TPSA) is 89.2 Å². The van der Waals surface area contributed by atoms with Gasteiger partial charge in [-0.05, 0) is 0 Å². The van der Waals surface area contributed by atoms with E-state index < -0.39 is 7.32 Å². The molecule has 0 spiro atoms. The van der Waals surface area contributed by atoms with Crippen LogP contribution in [0.4, 0.5) is 0 Å². The van der Waals surface area contributed by atoms with Gasteiger partial charge in [-0.1, -0.05) is 0 Å². The van der Waals surface area contributed by atoms with Gasteiger partial charge in [-0.15, -0.1) is 0 Å². The fraction of sp³-hybridized carbons (Fsp3) is 0. The van der Waals surface area contributed by atoms with Crippen molar-refractivity contribution in [1.82, 2.24) is 0 Å². The first kappa shape index (κ1) is 8.86. The summed E-state index contributed by atoms with van der Waals surface area (Å²) in [6.07, 6.45) is 0. The average Bonchev–Trinajstić information content (AvgIpc) is 0.811. The number of hydrogen-bond donors (Lipinski definition) is 3. The van der Waals surface area contributed by atoms with E-state index in [-0.39, 0.29) is 5.48 Å². The summed E-state index contributed by atoms with van der Waals surface area (Å²) in [5, 5.41) is 21.5. The molecule has 0 aliphatic rings. The van der Waals surface area contributed by atoms with Crippen LogP contribution in [0.1, 0.15) is 0 Å². The van der Waals surface area contributed by atoms with Crippen molar-refractivity contribution in [3.63, 3.8) is 0 Å². The standard InChI is InChI=1S/BH3O3.O/c2-1(3)4;/h2-4H;. The maximum absolute atomic E-state index is 7.17. The van der Waals surface area contributed by atoms with Crippen LogP contribution in [0.2, 0.25) is 0 Å². The fourth-order valence-electron chi connectivity index (χ4n) is 0. The van der Waals surface area contributed by atoms with E-state index in [1.807, 2.05) is 0 Å². The van der Waals surface area contributed by atoms with Crippen molar-refractivity contribution < 1.29 is 20.5 Å². The van der Waals surface area contributed by atoms with Gasteiger partial charge < -0.3 is 15.1 Å². The van der Waals surface area contributed by atoms with Crippen LogP contribution in [0.15, 0.2) is 0 Å². The lowest BCUT2D eigenvalue weighted by molar-refractivity contribution is 0.278. The minimum absolute atomic E-state index is 0.